The smallest absolute Gasteiger partial charge is 0.274 e. The Morgan fingerprint density at radius 1 is 1.39 bits per heavy atom. The average molecular weight is 326 g/mol. The maximum absolute atomic E-state index is 12.1. The average Bonchev–Trinajstić information content (AvgIpc) is 2.34. The van der Waals surface area contributed by atoms with Crippen molar-refractivity contribution < 1.29 is 4.79 Å². The summed E-state index contributed by atoms with van der Waals surface area (Å²) in [5, 5.41) is 3.23. The van der Waals surface area contributed by atoms with Crippen LogP contribution in [-0.2, 0) is 0 Å². The summed E-state index contributed by atoms with van der Waals surface area (Å²) in [6, 6.07) is 8.90. The molecule has 0 unspecified atom stereocenters. The van der Waals surface area contributed by atoms with Crippen LogP contribution in [0.4, 0.5) is 5.69 Å². The summed E-state index contributed by atoms with van der Waals surface area (Å²) in [6.45, 7) is 1.84. The van der Waals surface area contributed by atoms with Gasteiger partial charge in [0, 0.05) is 10.7 Å². The molecule has 0 aliphatic carbocycles. The first-order chi connectivity index (χ1) is 8.58. The Morgan fingerprint density at radius 3 is 2.89 bits per heavy atom. The highest BCUT2D eigenvalue weighted by molar-refractivity contribution is 9.10. The molecule has 1 aromatic carbocycles. The summed E-state index contributed by atoms with van der Waals surface area (Å²) in [6.07, 6.45) is 1.59. The lowest BCUT2D eigenvalue weighted by Gasteiger charge is -2.08. The van der Waals surface area contributed by atoms with Gasteiger partial charge in [0.05, 0.1) is 10.7 Å². The van der Waals surface area contributed by atoms with Gasteiger partial charge >= 0.3 is 0 Å². The SMILES string of the molecule is Cc1cccnc1C(=O)Nc1cc(Br)ccc1Cl. The lowest BCUT2D eigenvalue weighted by atomic mass is 10.2. The second-order valence-corrected chi connectivity index (χ2v) is 5.07. The van der Waals surface area contributed by atoms with Gasteiger partial charge in [0.25, 0.3) is 5.91 Å². The summed E-state index contributed by atoms with van der Waals surface area (Å²) in [5.74, 6) is -0.270. The van der Waals surface area contributed by atoms with Crippen molar-refractivity contribution in [1.29, 1.82) is 0 Å². The molecule has 1 N–H and O–H groups in total. The van der Waals surface area contributed by atoms with E-state index in [0.29, 0.717) is 16.4 Å². The van der Waals surface area contributed by atoms with Crippen LogP contribution < -0.4 is 5.32 Å². The Balaban J connectivity index is 2.27. The third kappa shape index (κ3) is 2.89. The van der Waals surface area contributed by atoms with Crippen molar-refractivity contribution in [3.8, 4) is 0 Å². The minimum atomic E-state index is -0.270. The quantitative estimate of drug-likeness (QED) is 0.905. The second kappa shape index (κ2) is 5.50. The molecule has 1 aromatic heterocycles. The predicted molar refractivity (Wildman–Crippen MR) is 76.1 cm³/mol. The molecule has 0 fully saturated rings. The highest BCUT2D eigenvalue weighted by Crippen LogP contribution is 2.26. The number of hydrogen-bond donors (Lipinski definition) is 1. The molecule has 1 heterocycles. The highest BCUT2D eigenvalue weighted by Gasteiger charge is 2.12. The van der Waals surface area contributed by atoms with E-state index in [4.69, 9.17) is 11.6 Å². The highest BCUT2D eigenvalue weighted by atomic mass is 79.9. The van der Waals surface area contributed by atoms with Crippen LogP contribution in [-0.4, -0.2) is 10.9 Å². The molecule has 2 aromatic rings. The van der Waals surface area contributed by atoms with Gasteiger partial charge in [-0.25, -0.2) is 0 Å². The fourth-order valence-electron chi connectivity index (χ4n) is 1.50. The van der Waals surface area contributed by atoms with Crippen molar-refractivity contribution in [2.24, 2.45) is 0 Å². The van der Waals surface area contributed by atoms with Gasteiger partial charge in [0.1, 0.15) is 5.69 Å². The number of carbonyl (C=O) groups excluding carboxylic acids is 1. The normalized spacial score (nSPS) is 10.2. The number of nitrogens with one attached hydrogen (secondary N) is 1. The Hall–Kier alpha value is -1.39. The van der Waals surface area contributed by atoms with Gasteiger partial charge in [0.15, 0.2) is 0 Å². The Labute approximate surface area is 118 Å². The first-order valence-electron chi connectivity index (χ1n) is 5.26. The van der Waals surface area contributed by atoms with Crippen LogP contribution in [0.15, 0.2) is 41.0 Å². The largest absolute Gasteiger partial charge is 0.319 e. The fraction of sp³-hybridized carbons (Fsp3) is 0.0769. The van der Waals surface area contributed by atoms with Crippen LogP contribution in [0.3, 0.4) is 0 Å². The van der Waals surface area contributed by atoms with E-state index >= 15 is 0 Å². The number of amides is 1. The van der Waals surface area contributed by atoms with Crippen LogP contribution in [0.5, 0.6) is 0 Å². The second-order valence-electron chi connectivity index (χ2n) is 3.75. The number of benzene rings is 1. The van der Waals surface area contributed by atoms with E-state index in [1.807, 2.05) is 19.1 Å². The van der Waals surface area contributed by atoms with Gasteiger partial charge in [0.2, 0.25) is 0 Å². The van der Waals surface area contributed by atoms with Crippen LogP contribution >= 0.6 is 27.5 Å². The molecule has 1 amide bonds. The maximum Gasteiger partial charge on any atom is 0.274 e. The molecule has 5 heteroatoms. The molecule has 0 bridgehead atoms. The van der Waals surface area contributed by atoms with Crippen LogP contribution in [0, 0.1) is 6.92 Å². The van der Waals surface area contributed by atoms with Crippen LogP contribution in [0.2, 0.25) is 5.02 Å². The minimum Gasteiger partial charge on any atom is -0.319 e. The van der Waals surface area contributed by atoms with Gasteiger partial charge in [-0.3, -0.25) is 9.78 Å². The summed E-state index contributed by atoms with van der Waals surface area (Å²) in [7, 11) is 0. The van der Waals surface area contributed by atoms with Crippen LogP contribution in [0.1, 0.15) is 16.1 Å². The van der Waals surface area contributed by atoms with E-state index in [0.717, 1.165) is 10.0 Å². The van der Waals surface area contributed by atoms with Crippen molar-refractivity contribution in [2.45, 2.75) is 6.92 Å². The van der Waals surface area contributed by atoms with E-state index in [-0.39, 0.29) is 5.91 Å². The Morgan fingerprint density at radius 2 is 2.17 bits per heavy atom. The van der Waals surface area contributed by atoms with Gasteiger partial charge < -0.3 is 5.32 Å². The fourth-order valence-corrected chi connectivity index (χ4v) is 2.02. The predicted octanol–water partition coefficient (Wildman–Crippen LogP) is 4.06. The topological polar surface area (TPSA) is 42.0 Å². The number of hydrogen-bond acceptors (Lipinski definition) is 2. The molecular formula is C13H10BrClN2O. The van der Waals surface area contributed by atoms with Crippen molar-refractivity contribution in [1.82, 2.24) is 4.98 Å². The molecule has 0 radical (unpaired) electrons. The van der Waals surface area contributed by atoms with E-state index in [1.165, 1.54) is 0 Å². The number of anilines is 1. The van der Waals surface area contributed by atoms with Gasteiger partial charge in [-0.05, 0) is 36.8 Å². The summed E-state index contributed by atoms with van der Waals surface area (Å²) in [5.41, 5.74) is 1.77. The molecule has 0 aliphatic rings. The van der Waals surface area contributed by atoms with E-state index in [9.17, 15) is 4.79 Å². The van der Waals surface area contributed by atoms with Gasteiger partial charge in [-0.15, -0.1) is 0 Å². The molecule has 3 nitrogen and oxygen atoms in total. The Kier molecular flexibility index (Phi) is 3.99. The van der Waals surface area contributed by atoms with Crippen LogP contribution in [0.25, 0.3) is 0 Å². The number of pyridine rings is 1. The third-order valence-electron chi connectivity index (χ3n) is 2.40. The number of rotatable bonds is 2. The zero-order valence-electron chi connectivity index (χ0n) is 9.58. The molecule has 18 heavy (non-hydrogen) atoms. The Bertz CT molecular complexity index is 601. The standard InChI is InChI=1S/C13H10BrClN2O/c1-8-3-2-6-16-12(8)13(18)17-11-7-9(14)4-5-10(11)15/h2-7H,1H3,(H,17,18). The number of carbonyl (C=O) groups is 1. The molecule has 92 valence electrons. The van der Waals surface area contributed by atoms with Crippen molar-refractivity contribution >= 4 is 39.1 Å². The van der Waals surface area contributed by atoms with E-state index < -0.39 is 0 Å². The zero-order chi connectivity index (χ0) is 13.1. The minimum absolute atomic E-state index is 0.270. The van der Waals surface area contributed by atoms with Gasteiger partial charge in [-0.2, -0.15) is 0 Å². The van der Waals surface area contributed by atoms with Crippen molar-refractivity contribution in [3.05, 3.63) is 57.3 Å². The first-order valence-corrected chi connectivity index (χ1v) is 6.43. The summed E-state index contributed by atoms with van der Waals surface area (Å²) < 4.78 is 0.847. The number of aryl methyl sites for hydroxylation is 1. The van der Waals surface area contributed by atoms with Crippen molar-refractivity contribution in [2.75, 3.05) is 5.32 Å². The maximum atomic E-state index is 12.1. The molecule has 0 saturated heterocycles. The summed E-state index contributed by atoms with van der Waals surface area (Å²) in [4.78, 5) is 16.1. The van der Waals surface area contributed by atoms with E-state index in [2.05, 4.69) is 26.2 Å². The molecule has 0 saturated carbocycles. The monoisotopic (exact) mass is 324 g/mol. The lowest BCUT2D eigenvalue weighted by Crippen LogP contribution is -2.15. The molecule has 0 spiro atoms. The molecule has 2 rings (SSSR count). The molecule has 0 aliphatic heterocycles. The lowest BCUT2D eigenvalue weighted by molar-refractivity contribution is 0.102. The van der Waals surface area contributed by atoms with Crippen molar-refractivity contribution in [3.63, 3.8) is 0 Å². The number of nitrogens with zero attached hydrogens (tertiary/aromatic N) is 1. The molecule has 0 atom stereocenters. The molecular weight excluding hydrogens is 316 g/mol. The number of halogens is 2. The van der Waals surface area contributed by atoms with E-state index in [1.54, 1.807) is 24.4 Å². The van der Waals surface area contributed by atoms with Gasteiger partial charge in [-0.1, -0.05) is 33.6 Å². The third-order valence-corrected chi connectivity index (χ3v) is 3.22. The zero-order valence-corrected chi connectivity index (χ0v) is 11.9. The number of aromatic nitrogens is 1. The summed E-state index contributed by atoms with van der Waals surface area (Å²) >= 11 is 9.34. The first kappa shape index (κ1) is 13.1.